The van der Waals surface area contributed by atoms with Crippen LogP contribution in [0.5, 0.6) is 0 Å². The maximum Gasteiger partial charge on any atom is 0.416 e. The zero-order valence-electron chi connectivity index (χ0n) is 14.9. The number of halogens is 3. The maximum atomic E-state index is 12.7. The second-order valence-corrected chi connectivity index (χ2v) is 6.14. The number of fused-ring (bicyclic) bond motifs is 1. The quantitative estimate of drug-likeness (QED) is 0.686. The number of anilines is 1. The van der Waals surface area contributed by atoms with E-state index < -0.39 is 29.7 Å². The van der Waals surface area contributed by atoms with Gasteiger partial charge < -0.3 is 14.5 Å². The van der Waals surface area contributed by atoms with E-state index in [1.807, 2.05) is 13.0 Å². The third kappa shape index (κ3) is 4.13. The van der Waals surface area contributed by atoms with Gasteiger partial charge in [-0.3, -0.25) is 4.79 Å². The van der Waals surface area contributed by atoms with Gasteiger partial charge in [0, 0.05) is 17.6 Å². The van der Waals surface area contributed by atoms with E-state index in [2.05, 4.69) is 10.3 Å². The number of imidazole rings is 1. The summed E-state index contributed by atoms with van der Waals surface area (Å²) in [5, 5.41) is 2.30. The first-order valence-corrected chi connectivity index (χ1v) is 8.29. The van der Waals surface area contributed by atoms with Crippen LogP contribution < -0.4 is 5.32 Å². The Balaban J connectivity index is 1.68. The number of hydrogen-bond donors (Lipinski definition) is 1. The van der Waals surface area contributed by atoms with Crippen molar-refractivity contribution in [3.05, 3.63) is 65.6 Å². The highest BCUT2D eigenvalue weighted by atomic mass is 19.4. The summed E-state index contributed by atoms with van der Waals surface area (Å²) in [6.07, 6.45) is -4.27. The molecule has 6 nitrogen and oxygen atoms in total. The molecule has 1 N–H and O–H groups in total. The van der Waals surface area contributed by atoms with Crippen molar-refractivity contribution in [3.8, 4) is 0 Å². The number of carbonyl (C=O) groups is 2. The van der Waals surface area contributed by atoms with E-state index in [0.717, 1.165) is 17.8 Å². The lowest BCUT2D eigenvalue weighted by atomic mass is 10.2. The molecule has 0 saturated carbocycles. The zero-order valence-corrected chi connectivity index (χ0v) is 14.9. The molecule has 1 aromatic carbocycles. The fourth-order valence-corrected chi connectivity index (χ4v) is 2.54. The van der Waals surface area contributed by atoms with Crippen LogP contribution in [0, 0.1) is 6.92 Å². The Morgan fingerprint density at radius 2 is 1.89 bits per heavy atom. The molecule has 0 spiro atoms. The van der Waals surface area contributed by atoms with Crippen molar-refractivity contribution in [1.82, 2.24) is 9.38 Å². The van der Waals surface area contributed by atoms with Crippen molar-refractivity contribution in [2.24, 2.45) is 0 Å². The largest absolute Gasteiger partial charge is 0.448 e. The minimum atomic E-state index is -4.53. The molecule has 1 atom stereocenters. The lowest BCUT2D eigenvalue weighted by Crippen LogP contribution is -2.30. The zero-order chi connectivity index (χ0) is 20.5. The minimum Gasteiger partial charge on any atom is -0.448 e. The molecule has 1 amide bonds. The summed E-state index contributed by atoms with van der Waals surface area (Å²) >= 11 is 0. The van der Waals surface area contributed by atoms with E-state index in [1.54, 1.807) is 16.5 Å². The average molecular weight is 391 g/mol. The van der Waals surface area contributed by atoms with Crippen LogP contribution in [0.15, 0.2) is 48.7 Å². The van der Waals surface area contributed by atoms with E-state index in [4.69, 9.17) is 4.74 Å². The first kappa shape index (κ1) is 19.4. The lowest BCUT2D eigenvalue weighted by Gasteiger charge is -2.14. The molecule has 0 radical (unpaired) electrons. The molecule has 0 fully saturated rings. The van der Waals surface area contributed by atoms with Gasteiger partial charge in [0.25, 0.3) is 5.91 Å². The van der Waals surface area contributed by atoms with Gasteiger partial charge in [-0.15, -0.1) is 0 Å². The SMILES string of the molecule is Cc1cccc2nc(C(=O)OC(C)C(=O)Nc3cccc(C(F)(F)F)c3)cn12. The molecular weight excluding hydrogens is 375 g/mol. The molecule has 0 bridgehead atoms. The van der Waals surface area contributed by atoms with Crippen molar-refractivity contribution in [3.63, 3.8) is 0 Å². The van der Waals surface area contributed by atoms with Gasteiger partial charge in [0.1, 0.15) is 5.65 Å². The Labute approximate surface area is 157 Å². The molecule has 0 aliphatic rings. The van der Waals surface area contributed by atoms with Gasteiger partial charge in [-0.05, 0) is 44.2 Å². The minimum absolute atomic E-state index is 0.0213. The number of aryl methyl sites for hydroxylation is 1. The summed E-state index contributed by atoms with van der Waals surface area (Å²) in [7, 11) is 0. The molecule has 9 heteroatoms. The number of carbonyl (C=O) groups excluding carboxylic acids is 2. The normalized spacial score (nSPS) is 12.6. The Morgan fingerprint density at radius 3 is 2.57 bits per heavy atom. The van der Waals surface area contributed by atoms with E-state index in [9.17, 15) is 22.8 Å². The van der Waals surface area contributed by atoms with Crippen LogP contribution in [0.4, 0.5) is 18.9 Å². The number of pyridine rings is 1. The third-order valence-corrected chi connectivity index (χ3v) is 4.02. The molecule has 28 heavy (non-hydrogen) atoms. The standard InChI is InChI=1S/C19H16F3N3O3/c1-11-5-3-8-16-24-15(10-25(11)16)18(27)28-12(2)17(26)23-14-7-4-6-13(9-14)19(20,21)22/h3-10,12H,1-2H3,(H,23,26). The van der Waals surface area contributed by atoms with Crippen LogP contribution in [0.25, 0.3) is 5.65 Å². The van der Waals surface area contributed by atoms with Crippen LogP contribution in [-0.2, 0) is 15.7 Å². The van der Waals surface area contributed by atoms with Gasteiger partial charge in [0.2, 0.25) is 0 Å². The van der Waals surface area contributed by atoms with Crippen molar-refractivity contribution < 1.29 is 27.5 Å². The second-order valence-electron chi connectivity index (χ2n) is 6.14. The number of ether oxygens (including phenoxy) is 1. The lowest BCUT2D eigenvalue weighted by molar-refractivity contribution is -0.137. The number of hydrogen-bond acceptors (Lipinski definition) is 4. The summed E-state index contributed by atoms with van der Waals surface area (Å²) in [4.78, 5) is 28.6. The molecule has 3 aromatic rings. The summed E-state index contributed by atoms with van der Waals surface area (Å²) in [5.74, 6) is -1.57. The molecule has 1 unspecified atom stereocenters. The predicted octanol–water partition coefficient (Wildman–Crippen LogP) is 3.85. The van der Waals surface area contributed by atoms with Gasteiger partial charge in [-0.1, -0.05) is 12.1 Å². The topological polar surface area (TPSA) is 72.7 Å². The molecule has 0 saturated heterocycles. The summed E-state index contributed by atoms with van der Waals surface area (Å²) in [6.45, 7) is 3.16. The van der Waals surface area contributed by atoms with E-state index >= 15 is 0 Å². The average Bonchev–Trinajstić information content (AvgIpc) is 3.07. The Hall–Kier alpha value is -3.36. The number of nitrogens with zero attached hydrogens (tertiary/aromatic N) is 2. The smallest absolute Gasteiger partial charge is 0.416 e. The highest BCUT2D eigenvalue weighted by Gasteiger charge is 2.30. The molecule has 0 aliphatic heterocycles. The Kier molecular flexibility index (Phi) is 5.08. The Morgan fingerprint density at radius 1 is 1.18 bits per heavy atom. The molecule has 3 rings (SSSR count). The van der Waals surface area contributed by atoms with Crippen LogP contribution in [0.3, 0.4) is 0 Å². The van der Waals surface area contributed by atoms with Crippen molar-refractivity contribution in [2.45, 2.75) is 26.1 Å². The van der Waals surface area contributed by atoms with Gasteiger partial charge in [-0.2, -0.15) is 13.2 Å². The number of benzene rings is 1. The highest BCUT2D eigenvalue weighted by Crippen LogP contribution is 2.30. The monoisotopic (exact) mass is 391 g/mol. The number of esters is 1. The van der Waals surface area contributed by atoms with Gasteiger partial charge in [-0.25, -0.2) is 9.78 Å². The van der Waals surface area contributed by atoms with Gasteiger partial charge in [0.15, 0.2) is 11.8 Å². The molecule has 146 valence electrons. The fourth-order valence-electron chi connectivity index (χ4n) is 2.54. The van der Waals surface area contributed by atoms with Crippen LogP contribution in [0.2, 0.25) is 0 Å². The van der Waals surface area contributed by atoms with Gasteiger partial charge >= 0.3 is 12.1 Å². The fraction of sp³-hybridized carbons (Fsp3) is 0.211. The number of nitrogens with one attached hydrogen (secondary N) is 1. The van der Waals surface area contributed by atoms with Crippen LogP contribution >= 0.6 is 0 Å². The summed E-state index contributed by atoms with van der Waals surface area (Å²) < 4.78 is 45.0. The van der Waals surface area contributed by atoms with Crippen molar-refractivity contribution >= 4 is 23.2 Å². The molecule has 0 aliphatic carbocycles. The van der Waals surface area contributed by atoms with E-state index in [0.29, 0.717) is 5.65 Å². The third-order valence-electron chi connectivity index (χ3n) is 4.02. The van der Waals surface area contributed by atoms with Gasteiger partial charge in [0.05, 0.1) is 5.56 Å². The highest BCUT2D eigenvalue weighted by molar-refractivity contribution is 5.97. The summed E-state index contributed by atoms with van der Waals surface area (Å²) in [6, 6.07) is 9.53. The van der Waals surface area contributed by atoms with E-state index in [-0.39, 0.29) is 11.4 Å². The number of alkyl halides is 3. The van der Waals surface area contributed by atoms with Crippen molar-refractivity contribution in [1.29, 1.82) is 0 Å². The van der Waals surface area contributed by atoms with E-state index in [1.165, 1.54) is 25.3 Å². The summed E-state index contributed by atoms with van der Waals surface area (Å²) in [5.41, 5.74) is 0.488. The molecule has 2 aromatic heterocycles. The predicted molar refractivity (Wildman–Crippen MR) is 94.9 cm³/mol. The van der Waals surface area contributed by atoms with Crippen molar-refractivity contribution in [2.75, 3.05) is 5.32 Å². The number of aromatic nitrogens is 2. The number of amides is 1. The maximum absolute atomic E-state index is 12.7. The molecular formula is C19H16F3N3O3. The molecule has 2 heterocycles. The van der Waals surface area contributed by atoms with Crippen LogP contribution in [0.1, 0.15) is 28.7 Å². The number of rotatable bonds is 4. The Bertz CT molecular complexity index is 1040. The first-order chi connectivity index (χ1) is 13.1. The second kappa shape index (κ2) is 7.34. The first-order valence-electron chi connectivity index (χ1n) is 8.29. The van der Waals surface area contributed by atoms with Crippen LogP contribution in [-0.4, -0.2) is 27.4 Å².